The van der Waals surface area contributed by atoms with Crippen molar-refractivity contribution in [1.82, 2.24) is 10.2 Å². The molecule has 1 rings (SSSR count). The third-order valence-electron chi connectivity index (χ3n) is 1.89. The number of rotatable bonds is 3. The van der Waals surface area contributed by atoms with Crippen LogP contribution in [-0.2, 0) is 4.79 Å². The monoisotopic (exact) mass is 167 g/mol. The first kappa shape index (κ1) is 9.01. The first-order valence-electron chi connectivity index (χ1n) is 4.13. The third kappa shape index (κ3) is 2.51. The average Bonchev–Trinajstić information content (AvgIpc) is 1.97. The Kier molecular flexibility index (Phi) is 3.06. The van der Waals surface area contributed by atoms with Crippen molar-refractivity contribution < 1.29 is 4.79 Å². The summed E-state index contributed by atoms with van der Waals surface area (Å²) in [6.45, 7) is 4.13. The van der Waals surface area contributed by atoms with E-state index in [9.17, 15) is 4.79 Å². The van der Waals surface area contributed by atoms with Crippen molar-refractivity contribution in [2.45, 2.75) is 19.4 Å². The van der Waals surface area contributed by atoms with E-state index in [1.807, 2.05) is 6.07 Å². The molecule has 1 unspecified atom stereocenters. The molecule has 66 valence electrons. The molecule has 0 saturated carbocycles. The van der Waals surface area contributed by atoms with Crippen LogP contribution in [0.1, 0.15) is 13.3 Å². The van der Waals surface area contributed by atoms with Gasteiger partial charge in [-0.15, -0.1) is 0 Å². The fraction of sp³-hybridized carbons (Fsp3) is 0.750. The van der Waals surface area contributed by atoms with Crippen molar-refractivity contribution in [3.8, 4) is 6.07 Å². The lowest BCUT2D eigenvalue weighted by atomic mass is 10.2. The van der Waals surface area contributed by atoms with Crippen LogP contribution in [0.3, 0.4) is 0 Å². The van der Waals surface area contributed by atoms with Gasteiger partial charge in [0.25, 0.3) is 0 Å². The van der Waals surface area contributed by atoms with Gasteiger partial charge in [-0.1, -0.05) is 0 Å². The number of nitriles is 1. The predicted octanol–water partition coefficient (Wildman–Crippen LogP) is -0.280. The van der Waals surface area contributed by atoms with Crippen LogP contribution in [0.15, 0.2) is 0 Å². The van der Waals surface area contributed by atoms with Gasteiger partial charge in [0, 0.05) is 0 Å². The van der Waals surface area contributed by atoms with Crippen LogP contribution < -0.4 is 5.32 Å². The normalized spacial score (nSPS) is 19.0. The third-order valence-corrected chi connectivity index (χ3v) is 1.89. The molecule has 0 aromatic carbocycles. The minimum absolute atomic E-state index is 0.0521. The van der Waals surface area contributed by atoms with E-state index in [2.05, 4.69) is 10.2 Å². The molecule has 1 N–H and O–H groups in total. The molecule has 4 heteroatoms. The van der Waals surface area contributed by atoms with Crippen LogP contribution >= 0.6 is 0 Å². The first-order chi connectivity index (χ1) is 5.72. The Morgan fingerprint density at radius 2 is 2.42 bits per heavy atom. The van der Waals surface area contributed by atoms with Gasteiger partial charge in [-0.3, -0.25) is 9.69 Å². The Bertz CT molecular complexity index is 205. The van der Waals surface area contributed by atoms with Gasteiger partial charge in [0.2, 0.25) is 5.91 Å². The van der Waals surface area contributed by atoms with E-state index in [4.69, 9.17) is 5.26 Å². The summed E-state index contributed by atoms with van der Waals surface area (Å²) >= 11 is 0. The van der Waals surface area contributed by atoms with E-state index < -0.39 is 0 Å². The minimum atomic E-state index is -0.376. The summed E-state index contributed by atoms with van der Waals surface area (Å²) in [4.78, 5) is 13.2. The van der Waals surface area contributed by atoms with E-state index in [-0.39, 0.29) is 11.9 Å². The number of nitrogens with zero attached hydrogens (tertiary/aromatic N) is 2. The van der Waals surface area contributed by atoms with Crippen LogP contribution in [0.4, 0.5) is 0 Å². The van der Waals surface area contributed by atoms with Gasteiger partial charge in [0.15, 0.2) is 0 Å². The molecule has 1 saturated heterocycles. The molecule has 1 aliphatic rings. The fourth-order valence-electron chi connectivity index (χ4n) is 1.06. The summed E-state index contributed by atoms with van der Waals surface area (Å²) in [6.07, 6.45) is 1.18. The fourth-order valence-corrected chi connectivity index (χ4v) is 1.06. The summed E-state index contributed by atoms with van der Waals surface area (Å²) in [7, 11) is 0. The SMILES string of the molecule is CC(C#N)NC(=O)CN1CCC1. The molecule has 1 atom stereocenters. The minimum Gasteiger partial charge on any atom is -0.340 e. The van der Waals surface area contributed by atoms with Gasteiger partial charge in [0.05, 0.1) is 12.6 Å². The van der Waals surface area contributed by atoms with Crippen LogP contribution in [0.2, 0.25) is 0 Å². The van der Waals surface area contributed by atoms with E-state index in [1.165, 1.54) is 6.42 Å². The molecule has 0 aromatic rings. The van der Waals surface area contributed by atoms with Crippen LogP contribution in [0.5, 0.6) is 0 Å². The molecule has 1 heterocycles. The van der Waals surface area contributed by atoms with E-state index >= 15 is 0 Å². The molecule has 0 bridgehead atoms. The van der Waals surface area contributed by atoms with E-state index in [0.29, 0.717) is 6.54 Å². The maximum atomic E-state index is 11.1. The molecule has 1 aliphatic heterocycles. The number of likely N-dealkylation sites (tertiary alicyclic amines) is 1. The maximum absolute atomic E-state index is 11.1. The molecule has 1 fully saturated rings. The molecule has 1 amide bonds. The summed E-state index contributed by atoms with van der Waals surface area (Å²) in [5.74, 6) is -0.0521. The zero-order chi connectivity index (χ0) is 8.97. The predicted molar refractivity (Wildman–Crippen MR) is 44.3 cm³/mol. The standard InChI is InChI=1S/C8H13N3O/c1-7(5-9)10-8(12)6-11-3-2-4-11/h7H,2-4,6H2,1H3,(H,10,12). The molecule has 0 aromatic heterocycles. The number of amides is 1. The number of nitrogens with one attached hydrogen (secondary N) is 1. The Morgan fingerprint density at radius 1 is 1.75 bits per heavy atom. The van der Waals surface area contributed by atoms with Gasteiger partial charge in [0.1, 0.15) is 6.04 Å². The second-order valence-corrected chi connectivity index (χ2v) is 3.05. The van der Waals surface area contributed by atoms with Crippen molar-refractivity contribution in [2.24, 2.45) is 0 Å². The number of hydrogen-bond donors (Lipinski definition) is 1. The van der Waals surface area contributed by atoms with Crippen LogP contribution in [0, 0.1) is 11.3 Å². The molecular formula is C8H13N3O. The number of carbonyl (C=O) groups excluding carboxylic acids is 1. The largest absolute Gasteiger partial charge is 0.340 e. The number of hydrogen-bond acceptors (Lipinski definition) is 3. The van der Waals surface area contributed by atoms with Crippen LogP contribution in [0.25, 0.3) is 0 Å². The average molecular weight is 167 g/mol. The van der Waals surface area contributed by atoms with E-state index in [1.54, 1.807) is 6.92 Å². The second kappa shape index (κ2) is 4.07. The van der Waals surface area contributed by atoms with Crippen LogP contribution in [-0.4, -0.2) is 36.5 Å². The van der Waals surface area contributed by atoms with Gasteiger partial charge in [-0.25, -0.2) is 0 Å². The molecule has 0 radical (unpaired) electrons. The highest BCUT2D eigenvalue weighted by molar-refractivity contribution is 5.78. The molecule has 12 heavy (non-hydrogen) atoms. The van der Waals surface area contributed by atoms with E-state index in [0.717, 1.165) is 13.1 Å². The Morgan fingerprint density at radius 3 is 2.83 bits per heavy atom. The first-order valence-corrected chi connectivity index (χ1v) is 4.13. The molecular weight excluding hydrogens is 154 g/mol. The van der Waals surface area contributed by atoms with Gasteiger partial charge in [-0.2, -0.15) is 5.26 Å². The molecule has 0 aliphatic carbocycles. The Hall–Kier alpha value is -1.08. The van der Waals surface area contributed by atoms with Crippen molar-refractivity contribution in [2.75, 3.05) is 19.6 Å². The summed E-state index contributed by atoms with van der Waals surface area (Å²) in [6, 6.07) is 1.58. The second-order valence-electron chi connectivity index (χ2n) is 3.05. The summed E-state index contributed by atoms with van der Waals surface area (Å²) in [5, 5.41) is 11.0. The van der Waals surface area contributed by atoms with Gasteiger partial charge in [-0.05, 0) is 26.4 Å². The van der Waals surface area contributed by atoms with Crippen molar-refractivity contribution >= 4 is 5.91 Å². The maximum Gasteiger partial charge on any atom is 0.235 e. The lowest BCUT2D eigenvalue weighted by Gasteiger charge is -2.29. The van der Waals surface area contributed by atoms with Gasteiger partial charge < -0.3 is 5.32 Å². The molecule has 4 nitrogen and oxygen atoms in total. The summed E-state index contributed by atoms with van der Waals surface area (Å²) in [5.41, 5.74) is 0. The highest BCUT2D eigenvalue weighted by atomic mass is 16.2. The lowest BCUT2D eigenvalue weighted by Crippen LogP contribution is -2.46. The lowest BCUT2D eigenvalue weighted by molar-refractivity contribution is -0.123. The van der Waals surface area contributed by atoms with Gasteiger partial charge >= 0.3 is 0 Å². The van der Waals surface area contributed by atoms with Crippen molar-refractivity contribution in [3.05, 3.63) is 0 Å². The zero-order valence-corrected chi connectivity index (χ0v) is 7.21. The quantitative estimate of drug-likeness (QED) is 0.629. The smallest absolute Gasteiger partial charge is 0.235 e. The number of carbonyl (C=O) groups is 1. The van der Waals surface area contributed by atoms with Crippen molar-refractivity contribution in [3.63, 3.8) is 0 Å². The Labute approximate surface area is 72.2 Å². The molecule has 0 spiro atoms. The zero-order valence-electron chi connectivity index (χ0n) is 7.21. The highest BCUT2D eigenvalue weighted by Gasteiger charge is 2.17. The topological polar surface area (TPSA) is 56.1 Å². The Balaban J connectivity index is 2.15. The van der Waals surface area contributed by atoms with Crippen molar-refractivity contribution in [1.29, 1.82) is 5.26 Å². The highest BCUT2D eigenvalue weighted by Crippen LogP contribution is 2.03. The summed E-state index contributed by atoms with van der Waals surface area (Å²) < 4.78 is 0.